The summed E-state index contributed by atoms with van der Waals surface area (Å²) in [6, 6.07) is 7.65. The number of benzene rings is 1. The lowest BCUT2D eigenvalue weighted by Crippen LogP contribution is -2.83. The van der Waals surface area contributed by atoms with Gasteiger partial charge in [0.1, 0.15) is 11.1 Å². The van der Waals surface area contributed by atoms with Crippen LogP contribution in [-0.4, -0.2) is 76.3 Å². The number of likely N-dealkylation sites (N-methyl/N-ethyl adjacent to an activating group) is 2. The van der Waals surface area contributed by atoms with Crippen LogP contribution in [0.5, 0.6) is 0 Å². The second-order valence-corrected chi connectivity index (χ2v) is 10.4. The molecule has 180 valence electrons. The maximum atomic E-state index is 13.6. The first-order valence-electron chi connectivity index (χ1n) is 11.7. The lowest BCUT2D eigenvalue weighted by Gasteiger charge is -2.68. The third kappa shape index (κ3) is 2.14. The van der Waals surface area contributed by atoms with Gasteiger partial charge in [-0.25, -0.2) is 0 Å². The number of allylic oxidation sites excluding steroid dienone is 1. The summed E-state index contributed by atoms with van der Waals surface area (Å²) in [5.74, 6) is -2.68. The highest BCUT2D eigenvalue weighted by atomic mass is 16.7. The Kier molecular flexibility index (Phi) is 4.85. The number of aliphatic hydroxyl groups excluding tert-OH is 3. The van der Waals surface area contributed by atoms with E-state index in [0.717, 1.165) is 11.3 Å². The summed E-state index contributed by atoms with van der Waals surface area (Å²) in [5, 5.41) is 45.7. The minimum atomic E-state index is -1.83. The third-order valence-electron chi connectivity index (χ3n) is 9.38. The topological polar surface area (TPSA) is 114 Å². The number of carbonyl (C=O) groups is 1. The number of carboxylic acid groups (broad SMARTS) is 1. The third-order valence-corrected chi connectivity index (χ3v) is 9.38. The highest BCUT2D eigenvalue weighted by Crippen LogP contribution is 2.75. The molecule has 0 amide bonds. The van der Waals surface area contributed by atoms with Crippen LogP contribution in [0.2, 0.25) is 0 Å². The Morgan fingerprint density at radius 1 is 1.21 bits per heavy atom. The molecule has 33 heavy (non-hydrogen) atoms. The minimum Gasteiger partial charge on any atom is -0.481 e. The van der Waals surface area contributed by atoms with Gasteiger partial charge in [-0.1, -0.05) is 38.1 Å². The van der Waals surface area contributed by atoms with Crippen molar-refractivity contribution >= 4 is 11.7 Å². The van der Waals surface area contributed by atoms with Crippen LogP contribution in [0.25, 0.3) is 0 Å². The Bertz CT molecular complexity index is 1030. The van der Waals surface area contributed by atoms with E-state index in [4.69, 9.17) is 4.74 Å². The fraction of sp³-hybridized carbons (Fsp3) is 0.640. The summed E-state index contributed by atoms with van der Waals surface area (Å²) in [5.41, 5.74) is -2.08. The second kappa shape index (κ2) is 7.02. The Hall–Kier alpha value is -1.97. The lowest BCUT2D eigenvalue weighted by molar-refractivity contribution is -0.324. The van der Waals surface area contributed by atoms with Gasteiger partial charge in [0.15, 0.2) is 12.6 Å². The zero-order chi connectivity index (χ0) is 24.1. The van der Waals surface area contributed by atoms with E-state index in [1.54, 1.807) is 13.0 Å². The fourth-order valence-electron chi connectivity index (χ4n) is 8.44. The van der Waals surface area contributed by atoms with E-state index in [-0.39, 0.29) is 5.92 Å². The summed E-state index contributed by atoms with van der Waals surface area (Å²) < 4.78 is 5.62. The van der Waals surface area contributed by atoms with Crippen LogP contribution in [-0.2, 0) is 14.9 Å². The van der Waals surface area contributed by atoms with E-state index < -0.39 is 53.0 Å². The van der Waals surface area contributed by atoms with Crippen molar-refractivity contribution in [2.45, 2.75) is 57.0 Å². The molecule has 1 aromatic carbocycles. The van der Waals surface area contributed by atoms with Gasteiger partial charge in [-0.05, 0) is 49.4 Å². The molecule has 8 heteroatoms. The van der Waals surface area contributed by atoms with E-state index in [1.165, 1.54) is 0 Å². The molecular weight excluding hydrogens is 424 g/mol. The van der Waals surface area contributed by atoms with Gasteiger partial charge >= 0.3 is 5.97 Å². The van der Waals surface area contributed by atoms with Gasteiger partial charge in [0, 0.05) is 25.2 Å². The average molecular weight is 459 g/mol. The Morgan fingerprint density at radius 2 is 1.88 bits per heavy atom. The summed E-state index contributed by atoms with van der Waals surface area (Å²) in [6.45, 7) is 6.21. The first kappa shape index (κ1) is 22.8. The predicted molar refractivity (Wildman–Crippen MR) is 121 cm³/mol. The lowest BCUT2D eigenvalue weighted by atomic mass is 9.40. The summed E-state index contributed by atoms with van der Waals surface area (Å²) in [6.07, 6.45) is -2.05. The number of ether oxygens (including phenoxy) is 1. The Morgan fingerprint density at radius 3 is 2.48 bits per heavy atom. The molecule has 0 aromatic heterocycles. The van der Waals surface area contributed by atoms with Gasteiger partial charge in [-0.15, -0.1) is 0 Å². The molecular formula is C25H34N2O6. The van der Waals surface area contributed by atoms with Crippen molar-refractivity contribution in [3.63, 3.8) is 0 Å². The van der Waals surface area contributed by atoms with Gasteiger partial charge in [0.25, 0.3) is 0 Å². The first-order chi connectivity index (χ1) is 15.6. The average Bonchev–Trinajstić information content (AvgIpc) is 3.19. The van der Waals surface area contributed by atoms with E-state index in [1.807, 2.05) is 57.1 Å². The molecule has 5 rings (SSSR count). The smallest absolute Gasteiger partial charge is 0.316 e. The molecule has 2 saturated heterocycles. The number of para-hydroxylation sites is 1. The number of anilines is 1. The van der Waals surface area contributed by atoms with E-state index in [9.17, 15) is 25.2 Å². The maximum absolute atomic E-state index is 13.6. The zero-order valence-corrected chi connectivity index (χ0v) is 19.8. The van der Waals surface area contributed by atoms with Crippen molar-refractivity contribution < 1.29 is 30.0 Å². The molecule has 0 bridgehead atoms. The first-order valence-corrected chi connectivity index (χ1v) is 11.7. The van der Waals surface area contributed by atoms with Crippen LogP contribution in [0, 0.1) is 23.2 Å². The van der Waals surface area contributed by atoms with Crippen molar-refractivity contribution in [2.24, 2.45) is 23.2 Å². The molecule has 8 nitrogen and oxygen atoms in total. The number of hydrogen-bond acceptors (Lipinski definition) is 7. The number of aliphatic hydroxyl groups is 3. The van der Waals surface area contributed by atoms with Crippen LogP contribution < -0.4 is 4.90 Å². The van der Waals surface area contributed by atoms with E-state index in [0.29, 0.717) is 18.5 Å². The van der Waals surface area contributed by atoms with Crippen LogP contribution in [0.4, 0.5) is 5.69 Å². The van der Waals surface area contributed by atoms with Gasteiger partial charge in [-0.3, -0.25) is 9.69 Å². The number of nitrogens with zero attached hydrogens (tertiary/aromatic N) is 2. The summed E-state index contributed by atoms with van der Waals surface area (Å²) >= 11 is 0. The molecule has 3 fully saturated rings. The zero-order valence-electron chi connectivity index (χ0n) is 19.8. The van der Waals surface area contributed by atoms with Crippen LogP contribution in [0.1, 0.15) is 32.8 Å². The number of hydrogen-bond donors (Lipinski definition) is 4. The normalized spacial score (nSPS) is 45.7. The number of rotatable bonds is 2. The van der Waals surface area contributed by atoms with Crippen molar-refractivity contribution in [1.29, 1.82) is 0 Å². The molecule has 0 spiro atoms. The molecule has 4 aliphatic rings. The molecule has 1 saturated carbocycles. The molecule has 3 heterocycles. The maximum Gasteiger partial charge on any atom is 0.316 e. The largest absolute Gasteiger partial charge is 0.481 e. The monoisotopic (exact) mass is 458 g/mol. The Balaban J connectivity index is 1.99. The number of carboxylic acids is 1. The quantitative estimate of drug-likeness (QED) is 0.492. The SMILES string of the molecule is CC=C1C(O)OC(O)C2(C(=O)O)C1C(C(C)C)C(O)C13N(C)CCC21c1ccccc1N3C. The van der Waals surface area contributed by atoms with Gasteiger partial charge in [-0.2, -0.15) is 0 Å². The van der Waals surface area contributed by atoms with Crippen molar-refractivity contribution in [3.05, 3.63) is 41.5 Å². The number of fused-ring (bicyclic) bond motifs is 2. The van der Waals surface area contributed by atoms with Crippen LogP contribution >= 0.6 is 0 Å². The second-order valence-electron chi connectivity index (χ2n) is 10.4. The van der Waals surface area contributed by atoms with E-state index in [2.05, 4.69) is 4.90 Å². The molecule has 1 aliphatic carbocycles. The fourth-order valence-corrected chi connectivity index (χ4v) is 8.44. The van der Waals surface area contributed by atoms with Crippen LogP contribution in [0.3, 0.4) is 0 Å². The minimum absolute atomic E-state index is 0.130. The highest BCUT2D eigenvalue weighted by Gasteiger charge is 2.87. The molecule has 3 aliphatic heterocycles. The summed E-state index contributed by atoms with van der Waals surface area (Å²) in [7, 11) is 3.82. The molecule has 8 atom stereocenters. The van der Waals surface area contributed by atoms with Crippen molar-refractivity contribution in [2.75, 3.05) is 25.5 Å². The molecule has 0 radical (unpaired) electrons. The molecule has 8 unspecified atom stereocenters. The molecule has 1 aromatic rings. The predicted octanol–water partition coefficient (Wildman–Crippen LogP) is 1.35. The van der Waals surface area contributed by atoms with Gasteiger partial charge < -0.3 is 30.1 Å². The van der Waals surface area contributed by atoms with E-state index >= 15 is 0 Å². The molecule has 4 N–H and O–H groups in total. The Labute approximate surface area is 194 Å². The van der Waals surface area contributed by atoms with Crippen LogP contribution in [0.15, 0.2) is 35.9 Å². The number of likely N-dealkylation sites (tertiary alicyclic amines) is 1. The highest BCUT2D eigenvalue weighted by molar-refractivity contribution is 5.85. The van der Waals surface area contributed by atoms with Crippen molar-refractivity contribution in [3.8, 4) is 0 Å². The number of aliphatic carboxylic acids is 1. The van der Waals surface area contributed by atoms with Gasteiger partial charge in [0.05, 0.1) is 11.5 Å². The van der Waals surface area contributed by atoms with Crippen molar-refractivity contribution in [1.82, 2.24) is 4.90 Å². The standard InChI is InChI=1S/C25H34N2O6/c1-6-14-18-17(13(2)3)19(28)25-23(11-12-26(25)4,15-9-7-8-10-16(15)27(25)5)24(18,21(30)31)22(32)33-20(14)29/h6-10,13,17-20,22,28-29,32H,11-12H2,1-5H3,(H,30,31). The summed E-state index contributed by atoms with van der Waals surface area (Å²) in [4.78, 5) is 17.7. The van der Waals surface area contributed by atoms with Gasteiger partial charge in [0.2, 0.25) is 0 Å².